The molecule has 134 valence electrons. The third-order valence-electron chi connectivity index (χ3n) is 3.41. The number of carbonyl (C=O) groups is 1. The first-order valence-electron chi connectivity index (χ1n) is 8.19. The second kappa shape index (κ2) is 10.2. The number of rotatable bonds is 9. The van der Waals surface area contributed by atoms with Crippen molar-refractivity contribution in [1.82, 2.24) is 0 Å². The second-order valence-electron chi connectivity index (χ2n) is 5.49. The fraction of sp³-hybridized carbons (Fsp3) is 0.316. The van der Waals surface area contributed by atoms with Gasteiger partial charge in [-0.05, 0) is 42.8 Å². The van der Waals surface area contributed by atoms with Gasteiger partial charge in [0.2, 0.25) is 0 Å². The highest BCUT2D eigenvalue weighted by molar-refractivity contribution is 6.34. The van der Waals surface area contributed by atoms with Crippen LogP contribution in [0.15, 0.2) is 42.5 Å². The van der Waals surface area contributed by atoms with Crippen molar-refractivity contribution in [1.29, 1.82) is 0 Å². The van der Waals surface area contributed by atoms with Gasteiger partial charge in [0.1, 0.15) is 11.5 Å². The van der Waals surface area contributed by atoms with Crippen LogP contribution in [-0.4, -0.2) is 19.1 Å². The molecule has 0 aliphatic rings. The first-order valence-corrected chi connectivity index (χ1v) is 8.94. The summed E-state index contributed by atoms with van der Waals surface area (Å²) in [6, 6.07) is 12.1. The highest BCUT2D eigenvalue weighted by Crippen LogP contribution is 2.27. The van der Waals surface area contributed by atoms with Gasteiger partial charge in [-0.3, -0.25) is 4.79 Å². The van der Waals surface area contributed by atoms with E-state index in [0.717, 1.165) is 25.0 Å². The molecule has 0 unspecified atom stereocenters. The maximum atomic E-state index is 12.0. The van der Waals surface area contributed by atoms with Crippen LogP contribution in [0.2, 0.25) is 10.0 Å². The summed E-state index contributed by atoms with van der Waals surface area (Å²) in [6.45, 7) is 2.70. The average Bonchev–Trinajstić information content (AvgIpc) is 2.61. The zero-order valence-corrected chi connectivity index (χ0v) is 15.6. The predicted octanol–water partition coefficient (Wildman–Crippen LogP) is 5.58. The first-order chi connectivity index (χ1) is 12.1. The molecule has 0 fully saturated rings. The zero-order chi connectivity index (χ0) is 18.1. The Hall–Kier alpha value is -1.91. The average molecular weight is 382 g/mol. The van der Waals surface area contributed by atoms with E-state index in [9.17, 15) is 4.79 Å². The Bertz CT molecular complexity index is 690. The van der Waals surface area contributed by atoms with Crippen molar-refractivity contribution < 1.29 is 14.3 Å². The highest BCUT2D eigenvalue weighted by atomic mass is 35.5. The maximum Gasteiger partial charge on any atom is 0.262 e. The molecule has 4 nitrogen and oxygen atoms in total. The molecule has 0 radical (unpaired) electrons. The zero-order valence-electron chi connectivity index (χ0n) is 14.1. The molecule has 2 aromatic rings. The van der Waals surface area contributed by atoms with Crippen molar-refractivity contribution in [3.05, 3.63) is 52.5 Å². The molecule has 0 spiro atoms. The van der Waals surface area contributed by atoms with E-state index in [1.165, 1.54) is 0 Å². The van der Waals surface area contributed by atoms with Gasteiger partial charge in [0, 0.05) is 16.8 Å². The molecule has 0 heterocycles. The third-order valence-corrected chi connectivity index (χ3v) is 3.95. The van der Waals surface area contributed by atoms with E-state index in [4.69, 9.17) is 32.7 Å². The molecule has 0 saturated carbocycles. The quantitative estimate of drug-likeness (QED) is 0.576. The number of benzene rings is 2. The summed E-state index contributed by atoms with van der Waals surface area (Å²) in [5.41, 5.74) is 0.673. The Kier molecular flexibility index (Phi) is 7.89. The largest absolute Gasteiger partial charge is 0.494 e. The van der Waals surface area contributed by atoms with Crippen LogP contribution in [0.4, 0.5) is 5.69 Å². The van der Waals surface area contributed by atoms with Crippen molar-refractivity contribution >= 4 is 34.8 Å². The van der Waals surface area contributed by atoms with Crippen LogP contribution in [0.25, 0.3) is 0 Å². The lowest BCUT2D eigenvalue weighted by Crippen LogP contribution is -2.20. The van der Waals surface area contributed by atoms with Gasteiger partial charge >= 0.3 is 0 Å². The topological polar surface area (TPSA) is 47.6 Å². The molecule has 0 atom stereocenters. The van der Waals surface area contributed by atoms with Gasteiger partial charge in [0.05, 0.1) is 11.6 Å². The predicted molar refractivity (Wildman–Crippen MR) is 102 cm³/mol. The van der Waals surface area contributed by atoms with Crippen LogP contribution in [0.5, 0.6) is 11.5 Å². The van der Waals surface area contributed by atoms with E-state index >= 15 is 0 Å². The van der Waals surface area contributed by atoms with Gasteiger partial charge < -0.3 is 14.8 Å². The minimum Gasteiger partial charge on any atom is -0.494 e. The first kappa shape index (κ1) is 19.4. The summed E-state index contributed by atoms with van der Waals surface area (Å²) in [5, 5.41) is 3.65. The van der Waals surface area contributed by atoms with E-state index in [0.29, 0.717) is 28.1 Å². The monoisotopic (exact) mass is 381 g/mol. The minimum absolute atomic E-state index is 0.157. The Morgan fingerprint density at radius 2 is 1.80 bits per heavy atom. The van der Waals surface area contributed by atoms with Crippen molar-refractivity contribution in [2.75, 3.05) is 18.5 Å². The molecule has 0 aromatic heterocycles. The Morgan fingerprint density at radius 3 is 2.52 bits per heavy atom. The molecule has 25 heavy (non-hydrogen) atoms. The summed E-state index contributed by atoms with van der Waals surface area (Å²) < 4.78 is 11.0. The number of anilines is 1. The maximum absolute atomic E-state index is 12.0. The van der Waals surface area contributed by atoms with Crippen molar-refractivity contribution in [2.45, 2.75) is 26.2 Å². The van der Waals surface area contributed by atoms with Gasteiger partial charge in [-0.25, -0.2) is 0 Å². The van der Waals surface area contributed by atoms with Crippen molar-refractivity contribution in [3.63, 3.8) is 0 Å². The number of hydrogen-bond donors (Lipinski definition) is 1. The van der Waals surface area contributed by atoms with Gasteiger partial charge in [0.15, 0.2) is 6.61 Å². The molecule has 2 rings (SSSR count). The number of nitrogens with one attached hydrogen (secondary N) is 1. The molecule has 1 amide bonds. The molecular formula is C19H21Cl2NO3. The summed E-state index contributed by atoms with van der Waals surface area (Å²) >= 11 is 11.9. The van der Waals surface area contributed by atoms with E-state index < -0.39 is 0 Å². The number of hydrogen-bond acceptors (Lipinski definition) is 3. The van der Waals surface area contributed by atoms with Crippen LogP contribution in [-0.2, 0) is 4.79 Å². The Labute approximate surface area is 158 Å². The molecule has 6 heteroatoms. The second-order valence-corrected chi connectivity index (χ2v) is 6.34. The summed E-state index contributed by atoms with van der Waals surface area (Å²) in [6.07, 6.45) is 3.36. The third kappa shape index (κ3) is 6.85. The number of ether oxygens (including phenoxy) is 2. The SMILES string of the molecule is CCCCCOc1ccc(NC(=O)COc2cc(Cl)ccc2Cl)cc1. The standard InChI is InChI=1S/C19H21Cl2NO3/c1-2-3-4-11-24-16-8-6-15(7-9-16)22-19(23)13-25-18-12-14(20)5-10-17(18)21/h5-10,12H,2-4,11,13H2,1H3,(H,22,23). The molecule has 0 bridgehead atoms. The lowest BCUT2D eigenvalue weighted by Gasteiger charge is -2.10. The normalized spacial score (nSPS) is 10.4. The van der Waals surface area contributed by atoms with Crippen LogP contribution in [0.3, 0.4) is 0 Å². The summed E-state index contributed by atoms with van der Waals surface area (Å²) in [7, 11) is 0. The van der Waals surface area contributed by atoms with Crippen LogP contribution >= 0.6 is 23.2 Å². The summed E-state index contributed by atoms with van der Waals surface area (Å²) in [4.78, 5) is 12.0. The fourth-order valence-corrected chi connectivity index (χ4v) is 2.44. The highest BCUT2D eigenvalue weighted by Gasteiger charge is 2.07. The van der Waals surface area contributed by atoms with Gasteiger partial charge in [-0.1, -0.05) is 43.0 Å². The van der Waals surface area contributed by atoms with E-state index in [1.807, 2.05) is 12.1 Å². The number of halogens is 2. The molecule has 2 aromatic carbocycles. The number of carbonyl (C=O) groups excluding carboxylic acids is 1. The summed E-state index contributed by atoms with van der Waals surface area (Å²) in [5.74, 6) is 0.879. The van der Waals surface area contributed by atoms with Crippen LogP contribution < -0.4 is 14.8 Å². The van der Waals surface area contributed by atoms with Crippen molar-refractivity contribution in [2.24, 2.45) is 0 Å². The molecule has 0 aliphatic carbocycles. The minimum atomic E-state index is -0.285. The fourth-order valence-electron chi connectivity index (χ4n) is 2.10. The Balaban J connectivity index is 1.79. The lowest BCUT2D eigenvalue weighted by atomic mass is 10.2. The van der Waals surface area contributed by atoms with Crippen molar-refractivity contribution in [3.8, 4) is 11.5 Å². The van der Waals surface area contributed by atoms with Crippen LogP contribution in [0.1, 0.15) is 26.2 Å². The van der Waals surface area contributed by atoms with E-state index in [-0.39, 0.29) is 12.5 Å². The van der Waals surface area contributed by atoms with Gasteiger partial charge in [-0.2, -0.15) is 0 Å². The lowest BCUT2D eigenvalue weighted by molar-refractivity contribution is -0.118. The molecule has 0 saturated heterocycles. The molecule has 0 aliphatic heterocycles. The van der Waals surface area contributed by atoms with Crippen LogP contribution in [0, 0.1) is 0 Å². The number of unbranched alkanes of at least 4 members (excludes halogenated alkanes) is 2. The molecule has 1 N–H and O–H groups in total. The van der Waals surface area contributed by atoms with Gasteiger partial charge in [-0.15, -0.1) is 0 Å². The van der Waals surface area contributed by atoms with E-state index in [2.05, 4.69) is 12.2 Å². The van der Waals surface area contributed by atoms with E-state index in [1.54, 1.807) is 30.3 Å². The smallest absolute Gasteiger partial charge is 0.262 e. The van der Waals surface area contributed by atoms with Gasteiger partial charge in [0.25, 0.3) is 5.91 Å². The Morgan fingerprint density at radius 1 is 1.04 bits per heavy atom. The molecular weight excluding hydrogens is 361 g/mol. The number of amides is 1.